The molecule has 0 atom stereocenters. The average molecular weight is 428 g/mol. The number of ether oxygens (including phenoxy) is 1. The van der Waals surface area contributed by atoms with E-state index in [2.05, 4.69) is 10.3 Å². The number of amides is 2. The van der Waals surface area contributed by atoms with Crippen molar-refractivity contribution in [2.75, 3.05) is 25.1 Å². The van der Waals surface area contributed by atoms with Crippen LogP contribution in [-0.4, -0.2) is 57.2 Å². The van der Waals surface area contributed by atoms with E-state index in [0.717, 1.165) is 25.7 Å². The van der Waals surface area contributed by atoms with E-state index in [1.807, 2.05) is 4.90 Å². The van der Waals surface area contributed by atoms with Gasteiger partial charge >= 0.3 is 0 Å². The Morgan fingerprint density at radius 3 is 2.84 bits per heavy atom. The summed E-state index contributed by atoms with van der Waals surface area (Å²) in [5, 5.41) is 12.3. The van der Waals surface area contributed by atoms with Crippen molar-refractivity contribution in [1.29, 1.82) is 0 Å². The number of aliphatic hydroxyl groups is 1. The molecule has 1 aromatic heterocycles. The molecule has 1 aliphatic heterocycles. The number of nitrogens with one attached hydrogen (secondary N) is 1. The van der Waals surface area contributed by atoms with Crippen molar-refractivity contribution in [2.24, 2.45) is 0 Å². The van der Waals surface area contributed by atoms with Gasteiger partial charge in [-0.05, 0) is 37.5 Å². The Hall–Kier alpha value is -2.94. The summed E-state index contributed by atoms with van der Waals surface area (Å²) in [4.78, 5) is 43.0. The van der Waals surface area contributed by atoms with E-state index < -0.39 is 0 Å². The molecule has 2 aromatic rings. The van der Waals surface area contributed by atoms with Crippen molar-refractivity contribution in [3.63, 3.8) is 0 Å². The number of nitrogens with zero attached hydrogens (tertiary/aromatic N) is 3. The van der Waals surface area contributed by atoms with Crippen LogP contribution in [0.5, 0.6) is 5.75 Å². The van der Waals surface area contributed by atoms with Crippen LogP contribution in [0.2, 0.25) is 0 Å². The standard InChI is InChI=1S/C22H28N4O5/c27-11-10-25(15-5-2-1-3-6-15)20(29)7-4-12-31-16-8-9-18-17(13-16)21(30)26-14-19(28)24-22(26)23-18/h8-9,13,15,27H,1-7,10-12,14H2,(H,23,24,28). The molecule has 0 radical (unpaired) electrons. The molecule has 0 bridgehead atoms. The second-order valence-electron chi connectivity index (χ2n) is 8.11. The van der Waals surface area contributed by atoms with Crippen LogP contribution in [0, 0.1) is 0 Å². The molecule has 2 aliphatic rings. The first-order valence-electron chi connectivity index (χ1n) is 10.9. The van der Waals surface area contributed by atoms with Gasteiger partial charge in [0.15, 0.2) is 0 Å². The van der Waals surface area contributed by atoms with Gasteiger partial charge in [-0.1, -0.05) is 19.3 Å². The lowest BCUT2D eigenvalue weighted by molar-refractivity contribution is -0.135. The summed E-state index contributed by atoms with van der Waals surface area (Å²) >= 11 is 0. The van der Waals surface area contributed by atoms with Crippen molar-refractivity contribution in [1.82, 2.24) is 14.5 Å². The first-order chi connectivity index (χ1) is 15.1. The third kappa shape index (κ3) is 4.71. The van der Waals surface area contributed by atoms with Crippen LogP contribution in [0.25, 0.3) is 10.9 Å². The molecule has 2 amide bonds. The van der Waals surface area contributed by atoms with E-state index in [1.165, 1.54) is 11.0 Å². The van der Waals surface area contributed by atoms with Gasteiger partial charge in [-0.15, -0.1) is 0 Å². The topological polar surface area (TPSA) is 114 Å². The lowest BCUT2D eigenvalue weighted by Gasteiger charge is -2.34. The molecule has 1 aromatic carbocycles. The summed E-state index contributed by atoms with van der Waals surface area (Å²) in [5.41, 5.74) is 0.208. The summed E-state index contributed by atoms with van der Waals surface area (Å²) < 4.78 is 7.08. The summed E-state index contributed by atoms with van der Waals surface area (Å²) in [7, 11) is 0. The van der Waals surface area contributed by atoms with Gasteiger partial charge in [0.1, 0.15) is 12.3 Å². The van der Waals surface area contributed by atoms with Crippen LogP contribution in [0.3, 0.4) is 0 Å². The first-order valence-corrected chi connectivity index (χ1v) is 10.9. The molecule has 166 valence electrons. The molecule has 2 N–H and O–H groups in total. The van der Waals surface area contributed by atoms with Crippen LogP contribution in [0.4, 0.5) is 5.95 Å². The Labute approximate surface area is 180 Å². The molecular weight excluding hydrogens is 400 g/mol. The SMILES string of the molecule is O=C1Cn2c(nc3ccc(OCCCC(=O)N(CCO)C4CCCCC4)cc3c2=O)N1. The molecule has 31 heavy (non-hydrogen) atoms. The molecule has 0 saturated heterocycles. The highest BCUT2D eigenvalue weighted by atomic mass is 16.5. The average Bonchev–Trinajstić information content (AvgIpc) is 3.16. The number of benzene rings is 1. The van der Waals surface area contributed by atoms with Gasteiger partial charge in [-0.3, -0.25) is 24.3 Å². The smallest absolute Gasteiger partial charge is 0.263 e. The highest BCUT2D eigenvalue weighted by Gasteiger charge is 2.25. The van der Waals surface area contributed by atoms with Crippen LogP contribution in [0.1, 0.15) is 44.9 Å². The maximum atomic E-state index is 12.7. The zero-order chi connectivity index (χ0) is 21.8. The normalized spacial score (nSPS) is 16.2. The Bertz CT molecular complexity index is 1030. The number of carbonyl (C=O) groups is 2. The Balaban J connectivity index is 1.34. The third-order valence-corrected chi connectivity index (χ3v) is 5.96. The number of rotatable bonds is 8. The molecule has 2 heterocycles. The summed E-state index contributed by atoms with van der Waals surface area (Å²) in [6.07, 6.45) is 6.40. The molecule has 9 nitrogen and oxygen atoms in total. The van der Waals surface area contributed by atoms with Crippen molar-refractivity contribution in [2.45, 2.75) is 57.5 Å². The second-order valence-corrected chi connectivity index (χ2v) is 8.11. The lowest BCUT2D eigenvalue weighted by Crippen LogP contribution is -2.43. The van der Waals surface area contributed by atoms with Gasteiger partial charge in [0.25, 0.3) is 5.56 Å². The molecule has 0 spiro atoms. The van der Waals surface area contributed by atoms with E-state index >= 15 is 0 Å². The molecule has 9 heteroatoms. The number of hydrogen-bond donors (Lipinski definition) is 2. The fraction of sp³-hybridized carbons (Fsp3) is 0.545. The van der Waals surface area contributed by atoms with E-state index in [0.29, 0.717) is 42.6 Å². The largest absolute Gasteiger partial charge is 0.494 e. The fourth-order valence-electron chi connectivity index (χ4n) is 4.41. The predicted octanol–water partition coefficient (Wildman–Crippen LogP) is 1.66. The summed E-state index contributed by atoms with van der Waals surface area (Å²) in [6.45, 7) is 0.669. The molecular formula is C22H28N4O5. The number of anilines is 1. The van der Waals surface area contributed by atoms with E-state index in [-0.39, 0.29) is 42.5 Å². The molecule has 1 fully saturated rings. The van der Waals surface area contributed by atoms with Gasteiger partial charge in [0.2, 0.25) is 17.8 Å². The minimum atomic E-state index is -0.286. The number of hydrogen-bond acceptors (Lipinski definition) is 6. The van der Waals surface area contributed by atoms with Crippen LogP contribution in [0.15, 0.2) is 23.0 Å². The van der Waals surface area contributed by atoms with Crippen molar-refractivity contribution < 1.29 is 19.4 Å². The zero-order valence-corrected chi connectivity index (χ0v) is 17.5. The highest BCUT2D eigenvalue weighted by molar-refractivity contribution is 5.94. The van der Waals surface area contributed by atoms with Gasteiger partial charge in [-0.25, -0.2) is 4.98 Å². The number of aliphatic hydroxyl groups excluding tert-OH is 1. The van der Waals surface area contributed by atoms with Crippen molar-refractivity contribution in [3.8, 4) is 5.75 Å². The van der Waals surface area contributed by atoms with Crippen LogP contribution in [-0.2, 0) is 16.1 Å². The van der Waals surface area contributed by atoms with Gasteiger partial charge in [-0.2, -0.15) is 0 Å². The van der Waals surface area contributed by atoms with E-state index in [1.54, 1.807) is 18.2 Å². The van der Waals surface area contributed by atoms with Gasteiger partial charge in [0.05, 0.1) is 24.1 Å². The second kappa shape index (κ2) is 9.47. The quantitative estimate of drug-likeness (QED) is 0.618. The van der Waals surface area contributed by atoms with Gasteiger partial charge in [0, 0.05) is 19.0 Å². The monoisotopic (exact) mass is 428 g/mol. The maximum absolute atomic E-state index is 12.7. The van der Waals surface area contributed by atoms with Crippen LogP contribution < -0.4 is 15.6 Å². The Morgan fingerprint density at radius 1 is 1.26 bits per heavy atom. The molecule has 1 saturated carbocycles. The fourth-order valence-corrected chi connectivity index (χ4v) is 4.41. The Morgan fingerprint density at radius 2 is 2.06 bits per heavy atom. The third-order valence-electron chi connectivity index (χ3n) is 5.96. The lowest BCUT2D eigenvalue weighted by atomic mass is 9.94. The number of carbonyl (C=O) groups excluding carboxylic acids is 2. The number of fused-ring (bicyclic) bond motifs is 2. The Kier molecular flexibility index (Phi) is 6.50. The van der Waals surface area contributed by atoms with E-state index in [9.17, 15) is 19.5 Å². The first kappa shape index (κ1) is 21.3. The minimum absolute atomic E-state index is 0.0236. The highest BCUT2D eigenvalue weighted by Crippen LogP contribution is 2.24. The van der Waals surface area contributed by atoms with Crippen molar-refractivity contribution >= 4 is 28.7 Å². The van der Waals surface area contributed by atoms with Gasteiger partial charge < -0.3 is 14.7 Å². The maximum Gasteiger partial charge on any atom is 0.263 e. The van der Waals surface area contributed by atoms with E-state index in [4.69, 9.17) is 4.74 Å². The minimum Gasteiger partial charge on any atom is -0.494 e. The zero-order valence-electron chi connectivity index (χ0n) is 17.5. The predicted molar refractivity (Wildman–Crippen MR) is 115 cm³/mol. The number of aromatic nitrogens is 2. The van der Waals surface area contributed by atoms with Crippen molar-refractivity contribution in [3.05, 3.63) is 28.6 Å². The molecule has 0 unspecified atom stereocenters. The summed E-state index contributed by atoms with van der Waals surface area (Å²) in [6, 6.07) is 5.28. The summed E-state index contributed by atoms with van der Waals surface area (Å²) in [5.74, 6) is 0.582. The molecule has 1 aliphatic carbocycles. The molecule has 4 rings (SSSR count). The van der Waals surface area contributed by atoms with Crippen LogP contribution >= 0.6 is 0 Å².